The molecule has 0 spiro atoms. The first-order valence-corrected chi connectivity index (χ1v) is 7.10. The van der Waals surface area contributed by atoms with E-state index in [1.807, 2.05) is 6.92 Å². The summed E-state index contributed by atoms with van der Waals surface area (Å²) >= 11 is 0. The maximum atomic E-state index is 11.4. The number of rotatable bonds is 4. The number of hydrogen-bond donors (Lipinski definition) is 0. The third-order valence-electron chi connectivity index (χ3n) is 2.92. The van der Waals surface area contributed by atoms with E-state index in [1.165, 1.54) is 0 Å². The molecule has 0 amide bonds. The van der Waals surface area contributed by atoms with E-state index in [9.17, 15) is 4.79 Å². The summed E-state index contributed by atoms with van der Waals surface area (Å²) in [5.74, 6) is -0.124. The Hall–Kier alpha value is -0.171. The molecule has 0 aromatic carbocycles. The van der Waals surface area contributed by atoms with Crippen LogP contribution in [0.1, 0.15) is 13.3 Å². The summed E-state index contributed by atoms with van der Waals surface area (Å²) in [7, 11) is 0. The van der Waals surface area contributed by atoms with E-state index in [0.29, 0.717) is 13.0 Å². The van der Waals surface area contributed by atoms with Crippen LogP contribution in [0.3, 0.4) is 0 Å². The molecule has 1 heterocycles. The van der Waals surface area contributed by atoms with Crippen molar-refractivity contribution in [3.05, 3.63) is 16.0 Å². The standard InChI is InChI=1S/C13H25N4O2.Cu/c1-2-19-13(18)3-10-17-11-8-15-6-4-14-5-7-16-9-12-17;/h2-12H2,1H3;/q-3;/i;1+0. The van der Waals surface area contributed by atoms with Gasteiger partial charge < -0.3 is 25.6 Å². The van der Waals surface area contributed by atoms with Crippen LogP contribution in [-0.2, 0) is 26.6 Å². The normalized spacial score (nSPS) is 19.2. The fourth-order valence-corrected chi connectivity index (χ4v) is 1.86. The first-order valence-electron chi connectivity index (χ1n) is 7.10. The molecule has 0 aliphatic carbocycles. The Morgan fingerprint density at radius 3 is 2.00 bits per heavy atom. The summed E-state index contributed by atoms with van der Waals surface area (Å²) in [5, 5.41) is 13.2. The molecular weight excluding hydrogens is 308 g/mol. The van der Waals surface area contributed by atoms with Gasteiger partial charge in [-0.1, -0.05) is 0 Å². The molecule has 1 rings (SSSR count). The monoisotopic (exact) mass is 333 g/mol. The Kier molecular flexibility index (Phi) is 13.7. The topological polar surface area (TPSA) is 71.8 Å². The predicted octanol–water partition coefficient (Wildman–Crippen LogP) is 1.37. The second-order valence-electron chi connectivity index (χ2n) is 4.41. The van der Waals surface area contributed by atoms with Gasteiger partial charge in [-0.05, 0) is 20.0 Å². The fraction of sp³-hybridized carbons (Fsp3) is 0.923. The zero-order chi connectivity index (χ0) is 13.8. The number of ether oxygens (including phenoxy) is 1. The molecule has 1 fully saturated rings. The largest absolute Gasteiger partial charge is 0.665 e. The van der Waals surface area contributed by atoms with Gasteiger partial charge in [0, 0.05) is 23.6 Å². The van der Waals surface area contributed by atoms with Gasteiger partial charge in [0.1, 0.15) is 0 Å². The van der Waals surface area contributed by atoms with Crippen molar-refractivity contribution in [3.63, 3.8) is 0 Å². The van der Waals surface area contributed by atoms with Crippen molar-refractivity contribution < 1.29 is 26.6 Å². The number of carbonyl (C=O) groups excluding carboxylic acids is 1. The molecular formula is C13H25CuN4O2-3. The average molecular weight is 333 g/mol. The summed E-state index contributed by atoms with van der Waals surface area (Å²) in [6, 6.07) is 0. The Morgan fingerprint density at radius 1 is 1.00 bits per heavy atom. The maximum Gasteiger partial charge on any atom is 0.307 e. The third kappa shape index (κ3) is 10.6. The van der Waals surface area contributed by atoms with Crippen molar-refractivity contribution in [2.45, 2.75) is 13.3 Å². The van der Waals surface area contributed by atoms with Gasteiger partial charge >= 0.3 is 5.97 Å². The van der Waals surface area contributed by atoms with Crippen molar-refractivity contribution >= 4 is 5.97 Å². The minimum absolute atomic E-state index is 0. The molecule has 1 aliphatic rings. The van der Waals surface area contributed by atoms with Gasteiger partial charge in [0.25, 0.3) is 0 Å². The molecule has 0 unspecified atom stereocenters. The van der Waals surface area contributed by atoms with Crippen molar-refractivity contribution in [1.82, 2.24) is 4.90 Å². The molecule has 0 saturated carbocycles. The van der Waals surface area contributed by atoms with Gasteiger partial charge in [0.05, 0.1) is 13.0 Å². The molecule has 1 aliphatic heterocycles. The second kappa shape index (κ2) is 13.8. The molecule has 7 heteroatoms. The number of hydrogen-bond acceptors (Lipinski definition) is 3. The van der Waals surface area contributed by atoms with Crippen LogP contribution in [-0.4, -0.2) is 76.4 Å². The maximum absolute atomic E-state index is 11.4. The van der Waals surface area contributed by atoms with Crippen LogP contribution >= 0.6 is 0 Å². The van der Waals surface area contributed by atoms with Crippen LogP contribution in [0.5, 0.6) is 0 Å². The van der Waals surface area contributed by atoms with Gasteiger partial charge in [0.2, 0.25) is 0 Å². The zero-order valence-corrected chi connectivity index (χ0v) is 13.1. The predicted molar refractivity (Wildman–Crippen MR) is 77.0 cm³/mol. The molecule has 0 aromatic heterocycles. The Balaban J connectivity index is 0.00000361. The Labute approximate surface area is 132 Å². The van der Waals surface area contributed by atoms with Crippen molar-refractivity contribution in [2.75, 3.05) is 65.5 Å². The summed E-state index contributed by atoms with van der Waals surface area (Å²) < 4.78 is 4.95. The molecule has 1 radical (unpaired) electrons. The van der Waals surface area contributed by atoms with Gasteiger partial charge in [-0.2, -0.15) is 26.2 Å². The van der Waals surface area contributed by atoms with Crippen LogP contribution in [0.2, 0.25) is 0 Å². The van der Waals surface area contributed by atoms with Gasteiger partial charge in [-0.25, -0.2) is 0 Å². The van der Waals surface area contributed by atoms with Gasteiger partial charge in [0.15, 0.2) is 0 Å². The molecule has 123 valence electrons. The third-order valence-corrected chi connectivity index (χ3v) is 2.92. The van der Waals surface area contributed by atoms with Crippen molar-refractivity contribution in [3.8, 4) is 0 Å². The summed E-state index contributed by atoms with van der Waals surface area (Å²) in [5.41, 5.74) is 0. The quantitative estimate of drug-likeness (QED) is 0.576. The summed E-state index contributed by atoms with van der Waals surface area (Å²) in [6.07, 6.45) is 0.448. The molecule has 0 atom stereocenters. The molecule has 0 bridgehead atoms. The molecule has 1 saturated heterocycles. The first kappa shape index (κ1) is 19.8. The van der Waals surface area contributed by atoms with Gasteiger partial charge in [-0.15, -0.1) is 13.1 Å². The number of carbonyl (C=O) groups is 1. The van der Waals surface area contributed by atoms with Crippen molar-refractivity contribution in [1.29, 1.82) is 0 Å². The summed E-state index contributed by atoms with van der Waals surface area (Å²) in [6.45, 7) is 9.59. The minimum Gasteiger partial charge on any atom is -0.665 e. The van der Waals surface area contributed by atoms with E-state index in [4.69, 9.17) is 4.74 Å². The zero-order valence-electron chi connectivity index (χ0n) is 12.2. The molecule has 0 aromatic rings. The summed E-state index contributed by atoms with van der Waals surface area (Å²) in [4.78, 5) is 13.6. The van der Waals surface area contributed by atoms with Crippen LogP contribution in [0, 0.1) is 0 Å². The molecule has 6 nitrogen and oxygen atoms in total. The second-order valence-corrected chi connectivity index (χ2v) is 4.41. The smallest absolute Gasteiger partial charge is 0.307 e. The Morgan fingerprint density at radius 2 is 1.50 bits per heavy atom. The van der Waals surface area contributed by atoms with E-state index in [0.717, 1.165) is 58.9 Å². The van der Waals surface area contributed by atoms with Crippen molar-refractivity contribution in [2.24, 2.45) is 0 Å². The first-order chi connectivity index (χ1) is 9.33. The van der Waals surface area contributed by atoms with Crippen LogP contribution in [0.15, 0.2) is 0 Å². The fourth-order valence-electron chi connectivity index (χ4n) is 1.86. The SMILES string of the molecule is CCOC(=O)CCN1CC[N-]CC[N-]CC[N-]CC1.[64Cu]. The van der Waals surface area contributed by atoms with Crippen LogP contribution in [0.25, 0.3) is 16.0 Å². The minimum atomic E-state index is -0.124. The number of esters is 1. The average Bonchev–Trinajstić information content (AvgIpc) is 2.38. The van der Waals surface area contributed by atoms with E-state index in [-0.39, 0.29) is 23.0 Å². The van der Waals surface area contributed by atoms with E-state index in [2.05, 4.69) is 20.9 Å². The molecule has 20 heavy (non-hydrogen) atoms. The molecule has 0 N–H and O–H groups in total. The van der Waals surface area contributed by atoms with E-state index in [1.54, 1.807) is 0 Å². The van der Waals surface area contributed by atoms with Gasteiger partial charge in [-0.3, -0.25) is 4.79 Å². The van der Waals surface area contributed by atoms with E-state index >= 15 is 0 Å². The number of nitrogens with zero attached hydrogens (tertiary/aromatic N) is 4. The Bertz CT molecular complexity index is 232. The van der Waals surface area contributed by atoms with Crippen LogP contribution in [0.4, 0.5) is 0 Å². The van der Waals surface area contributed by atoms with E-state index < -0.39 is 0 Å². The van der Waals surface area contributed by atoms with Crippen LogP contribution < -0.4 is 0 Å².